The van der Waals surface area contributed by atoms with Crippen LogP contribution in [0.15, 0.2) is 18.3 Å². The molecule has 0 aliphatic carbocycles. The molecule has 0 radical (unpaired) electrons. The topological polar surface area (TPSA) is 88.2 Å². The van der Waals surface area contributed by atoms with Gasteiger partial charge in [-0.05, 0) is 24.3 Å². The van der Waals surface area contributed by atoms with Crippen LogP contribution in [0.5, 0.6) is 0 Å². The molecule has 0 spiro atoms. The minimum atomic E-state index is -0.478. The molecule has 94 valence electrons. The number of anilines is 1. The van der Waals surface area contributed by atoms with Crippen LogP contribution >= 0.6 is 11.8 Å². The first-order chi connectivity index (χ1) is 8.25. The molecule has 4 N–H and O–H groups in total. The normalized spacial score (nSPS) is 10.2. The highest BCUT2D eigenvalue weighted by Crippen LogP contribution is 2.10. The van der Waals surface area contributed by atoms with Crippen LogP contribution in [0.1, 0.15) is 16.8 Å². The molecule has 5 nitrogen and oxygen atoms in total. The highest BCUT2D eigenvalue weighted by atomic mass is 32.2. The van der Waals surface area contributed by atoms with Crippen molar-refractivity contribution in [3.63, 3.8) is 0 Å². The minimum Gasteiger partial charge on any atom is -0.396 e. The van der Waals surface area contributed by atoms with Crippen LogP contribution in [0.3, 0.4) is 0 Å². The molecule has 0 saturated heterocycles. The predicted molar refractivity (Wildman–Crippen MR) is 70.3 cm³/mol. The Morgan fingerprint density at radius 2 is 2.35 bits per heavy atom. The Morgan fingerprint density at radius 1 is 1.53 bits per heavy atom. The van der Waals surface area contributed by atoms with E-state index in [-0.39, 0.29) is 6.61 Å². The lowest BCUT2D eigenvalue weighted by molar-refractivity contribution is 0.100. The van der Waals surface area contributed by atoms with E-state index in [4.69, 9.17) is 10.8 Å². The lowest BCUT2D eigenvalue weighted by atomic mass is 10.2. The third kappa shape index (κ3) is 5.06. The van der Waals surface area contributed by atoms with E-state index in [1.165, 1.54) is 0 Å². The molecule has 1 aromatic heterocycles. The van der Waals surface area contributed by atoms with Crippen molar-refractivity contribution in [3.05, 3.63) is 23.9 Å². The van der Waals surface area contributed by atoms with E-state index < -0.39 is 5.91 Å². The van der Waals surface area contributed by atoms with Gasteiger partial charge in [-0.1, -0.05) is 0 Å². The largest absolute Gasteiger partial charge is 0.396 e. The summed E-state index contributed by atoms with van der Waals surface area (Å²) in [4.78, 5) is 15.2. The predicted octanol–water partition coefficient (Wildman–Crippen LogP) is 0.708. The van der Waals surface area contributed by atoms with Gasteiger partial charge < -0.3 is 16.2 Å². The number of thioether (sulfide) groups is 1. The first-order valence-corrected chi connectivity index (χ1v) is 6.58. The lowest BCUT2D eigenvalue weighted by Crippen LogP contribution is -2.16. The van der Waals surface area contributed by atoms with E-state index in [0.29, 0.717) is 17.9 Å². The zero-order valence-corrected chi connectivity index (χ0v) is 10.4. The number of hydrogen-bond acceptors (Lipinski definition) is 5. The van der Waals surface area contributed by atoms with Gasteiger partial charge in [-0.15, -0.1) is 0 Å². The van der Waals surface area contributed by atoms with Crippen molar-refractivity contribution in [3.8, 4) is 0 Å². The maximum Gasteiger partial charge on any atom is 0.252 e. The average Bonchev–Trinajstić information content (AvgIpc) is 2.34. The summed E-state index contributed by atoms with van der Waals surface area (Å²) in [5.41, 5.74) is 5.64. The van der Waals surface area contributed by atoms with Gasteiger partial charge in [0.1, 0.15) is 5.82 Å². The molecule has 0 aliphatic rings. The summed E-state index contributed by atoms with van der Waals surface area (Å²) in [6.07, 6.45) is 2.43. The first-order valence-electron chi connectivity index (χ1n) is 5.43. The van der Waals surface area contributed by atoms with Gasteiger partial charge in [0.05, 0.1) is 5.56 Å². The van der Waals surface area contributed by atoms with Crippen molar-refractivity contribution in [1.29, 1.82) is 0 Å². The summed E-state index contributed by atoms with van der Waals surface area (Å²) in [6, 6.07) is 3.33. The van der Waals surface area contributed by atoms with Crippen LogP contribution in [-0.2, 0) is 0 Å². The van der Waals surface area contributed by atoms with Crippen molar-refractivity contribution in [2.75, 3.05) is 30.0 Å². The number of nitrogens with one attached hydrogen (secondary N) is 1. The Labute approximate surface area is 105 Å². The second-order valence-corrected chi connectivity index (χ2v) is 4.60. The highest BCUT2D eigenvalue weighted by Gasteiger charge is 2.07. The van der Waals surface area contributed by atoms with Gasteiger partial charge in [0.25, 0.3) is 5.91 Å². The fraction of sp³-hybridized carbons (Fsp3) is 0.455. The molecule has 1 amide bonds. The number of pyridine rings is 1. The van der Waals surface area contributed by atoms with Crippen LogP contribution in [0.25, 0.3) is 0 Å². The molecule has 0 aromatic carbocycles. The third-order valence-electron chi connectivity index (χ3n) is 2.06. The number of aliphatic hydroxyl groups is 1. The van der Waals surface area contributed by atoms with Gasteiger partial charge >= 0.3 is 0 Å². The fourth-order valence-electron chi connectivity index (χ4n) is 1.26. The van der Waals surface area contributed by atoms with E-state index in [0.717, 1.165) is 17.9 Å². The van der Waals surface area contributed by atoms with Gasteiger partial charge in [0.2, 0.25) is 0 Å². The second-order valence-electron chi connectivity index (χ2n) is 3.38. The second kappa shape index (κ2) is 7.92. The van der Waals surface area contributed by atoms with E-state index in [2.05, 4.69) is 10.3 Å². The molecule has 0 fully saturated rings. The quantitative estimate of drug-likeness (QED) is 0.595. The number of nitrogens with two attached hydrogens (primary N) is 1. The third-order valence-corrected chi connectivity index (χ3v) is 3.13. The number of hydrogen-bond donors (Lipinski definition) is 3. The number of aliphatic hydroxyl groups excluding tert-OH is 1. The molecule has 0 aliphatic heterocycles. The number of nitrogens with zero attached hydrogens (tertiary/aromatic N) is 1. The average molecular weight is 255 g/mol. The van der Waals surface area contributed by atoms with Crippen LogP contribution in [0, 0.1) is 0 Å². The molecule has 0 saturated carbocycles. The van der Waals surface area contributed by atoms with Crippen LogP contribution < -0.4 is 11.1 Å². The molecular formula is C11H17N3O2S. The zero-order valence-electron chi connectivity index (χ0n) is 9.56. The number of carbonyl (C=O) groups excluding carboxylic acids is 1. The van der Waals surface area contributed by atoms with Crippen molar-refractivity contribution in [1.82, 2.24) is 4.98 Å². The highest BCUT2D eigenvalue weighted by molar-refractivity contribution is 7.99. The fourth-order valence-corrected chi connectivity index (χ4v) is 2.04. The summed E-state index contributed by atoms with van der Waals surface area (Å²) >= 11 is 1.74. The van der Waals surface area contributed by atoms with E-state index in [1.807, 2.05) is 0 Å². The number of primary amides is 1. The Balaban J connectivity index is 2.34. The Hall–Kier alpha value is -1.27. The molecule has 0 bridgehead atoms. The molecule has 6 heteroatoms. The maximum absolute atomic E-state index is 11.1. The van der Waals surface area contributed by atoms with E-state index in [9.17, 15) is 4.79 Å². The number of carbonyl (C=O) groups is 1. The molecular weight excluding hydrogens is 238 g/mol. The summed E-state index contributed by atoms with van der Waals surface area (Å²) in [5, 5.41) is 11.7. The van der Waals surface area contributed by atoms with Crippen LogP contribution in [0.4, 0.5) is 5.82 Å². The van der Waals surface area contributed by atoms with Gasteiger partial charge in [-0.25, -0.2) is 4.98 Å². The van der Waals surface area contributed by atoms with Gasteiger partial charge in [0, 0.05) is 25.1 Å². The van der Waals surface area contributed by atoms with E-state index >= 15 is 0 Å². The molecule has 1 heterocycles. The van der Waals surface area contributed by atoms with Crippen molar-refractivity contribution >= 4 is 23.5 Å². The number of amides is 1. The Kier molecular flexibility index (Phi) is 6.42. The molecule has 0 atom stereocenters. The standard InChI is InChI=1S/C11H17N3O2S/c12-10(16)9-3-1-4-13-11(9)14-5-8-17-7-2-6-15/h1,3-4,15H,2,5-8H2,(H2,12,16)(H,13,14). The van der Waals surface area contributed by atoms with Crippen molar-refractivity contribution < 1.29 is 9.90 Å². The molecule has 1 rings (SSSR count). The van der Waals surface area contributed by atoms with Gasteiger partial charge in [0.15, 0.2) is 0 Å². The number of aromatic nitrogens is 1. The van der Waals surface area contributed by atoms with Crippen molar-refractivity contribution in [2.24, 2.45) is 5.73 Å². The Bertz CT molecular complexity index is 360. The summed E-state index contributed by atoms with van der Waals surface area (Å²) < 4.78 is 0. The van der Waals surface area contributed by atoms with Crippen LogP contribution in [0.2, 0.25) is 0 Å². The SMILES string of the molecule is NC(=O)c1cccnc1NCCSCCCO. The number of rotatable bonds is 8. The minimum absolute atomic E-state index is 0.229. The maximum atomic E-state index is 11.1. The van der Waals surface area contributed by atoms with Gasteiger partial charge in [-0.2, -0.15) is 11.8 Å². The monoisotopic (exact) mass is 255 g/mol. The van der Waals surface area contributed by atoms with Crippen molar-refractivity contribution in [2.45, 2.75) is 6.42 Å². The van der Waals surface area contributed by atoms with Gasteiger partial charge in [-0.3, -0.25) is 4.79 Å². The Morgan fingerprint density at radius 3 is 3.06 bits per heavy atom. The molecule has 0 unspecified atom stereocenters. The first kappa shape index (κ1) is 13.8. The van der Waals surface area contributed by atoms with E-state index in [1.54, 1.807) is 30.1 Å². The summed E-state index contributed by atoms with van der Waals surface area (Å²) in [5.74, 6) is 1.88. The summed E-state index contributed by atoms with van der Waals surface area (Å²) in [6.45, 7) is 0.944. The lowest BCUT2D eigenvalue weighted by Gasteiger charge is -2.08. The molecule has 1 aromatic rings. The zero-order chi connectivity index (χ0) is 12.5. The summed E-state index contributed by atoms with van der Waals surface area (Å²) in [7, 11) is 0. The smallest absolute Gasteiger partial charge is 0.252 e. The van der Waals surface area contributed by atoms with Crippen LogP contribution in [-0.4, -0.2) is 40.7 Å². The molecule has 17 heavy (non-hydrogen) atoms.